The number of hydrogen-bond acceptors (Lipinski definition) is 1. The van der Waals surface area contributed by atoms with Gasteiger partial charge in [-0.1, -0.05) is 172 Å². The minimum absolute atomic E-state index is 0.150. The Morgan fingerprint density at radius 2 is 0.825 bits per heavy atom. The van der Waals surface area contributed by atoms with Crippen molar-refractivity contribution < 1.29 is 0 Å². The van der Waals surface area contributed by atoms with Gasteiger partial charge in [0.2, 0.25) is 0 Å². The maximum atomic E-state index is 2.42. The van der Waals surface area contributed by atoms with E-state index in [9.17, 15) is 0 Å². The van der Waals surface area contributed by atoms with Gasteiger partial charge in [0.1, 0.15) is 0 Å². The summed E-state index contributed by atoms with van der Waals surface area (Å²) < 4.78 is 2.41. The highest BCUT2D eigenvalue weighted by Crippen LogP contribution is 2.53. The number of fused-ring (bicyclic) bond motifs is 8. The molecule has 1 heterocycles. The lowest BCUT2D eigenvalue weighted by Crippen LogP contribution is -2.17. The van der Waals surface area contributed by atoms with Gasteiger partial charge in [-0.3, -0.25) is 0 Å². The van der Waals surface area contributed by atoms with Crippen molar-refractivity contribution in [1.29, 1.82) is 0 Å². The molecule has 0 N–H and O–H groups in total. The van der Waals surface area contributed by atoms with Gasteiger partial charge in [0.15, 0.2) is 0 Å². The van der Waals surface area contributed by atoms with Crippen molar-refractivity contribution in [2.75, 3.05) is 4.90 Å². The zero-order valence-corrected chi connectivity index (χ0v) is 35.3. The summed E-state index contributed by atoms with van der Waals surface area (Å²) in [6.45, 7) is 4.77. The second-order valence-electron chi connectivity index (χ2n) is 17.4. The molecule has 0 bridgehead atoms. The molecule has 10 aromatic carbocycles. The van der Waals surface area contributed by atoms with Crippen LogP contribution in [0.4, 0.5) is 17.1 Å². The molecule has 0 amide bonds. The molecule has 1 aliphatic carbocycles. The molecule has 0 aliphatic heterocycles. The first-order valence-electron chi connectivity index (χ1n) is 21.9. The fourth-order valence-corrected chi connectivity index (χ4v) is 10.3. The van der Waals surface area contributed by atoms with Gasteiger partial charge in [0.05, 0.1) is 11.0 Å². The van der Waals surface area contributed by atoms with Crippen LogP contribution in [0.25, 0.3) is 82.8 Å². The van der Waals surface area contributed by atoms with Crippen LogP contribution in [-0.4, -0.2) is 4.57 Å². The zero-order valence-electron chi connectivity index (χ0n) is 35.3. The standard InChI is InChI=1S/C61H44N2/c1-61(2)57-40-51(33-35-53(57)54-34-26-45-18-12-13-21-52(45)60(54)61)62(48-19-10-5-11-20-48)49-29-24-44(25-30-49)47-28-37-59-56(39-47)55-38-46(42-16-8-4-9-17-42)27-36-58(55)63(59)50-31-22-43(23-32-50)41-14-6-3-7-15-41/h3-40H,1-2H3. The Balaban J connectivity index is 0.948. The largest absolute Gasteiger partial charge is 0.310 e. The van der Waals surface area contributed by atoms with E-state index in [1.165, 1.54) is 88.2 Å². The number of benzene rings is 10. The lowest BCUT2D eigenvalue weighted by Gasteiger charge is -2.28. The molecule has 0 saturated heterocycles. The molecule has 11 aromatic rings. The minimum Gasteiger partial charge on any atom is -0.310 e. The van der Waals surface area contributed by atoms with E-state index < -0.39 is 0 Å². The first-order valence-corrected chi connectivity index (χ1v) is 21.9. The molecule has 0 spiro atoms. The monoisotopic (exact) mass is 804 g/mol. The average molecular weight is 805 g/mol. The van der Waals surface area contributed by atoms with Crippen LogP contribution in [-0.2, 0) is 5.41 Å². The Bertz CT molecular complexity index is 3490. The summed E-state index contributed by atoms with van der Waals surface area (Å²) in [5, 5.41) is 5.10. The van der Waals surface area contributed by atoms with Gasteiger partial charge >= 0.3 is 0 Å². The van der Waals surface area contributed by atoms with Crippen LogP contribution in [0.15, 0.2) is 231 Å². The summed E-state index contributed by atoms with van der Waals surface area (Å²) in [6, 6.07) is 84.5. The van der Waals surface area contributed by atoms with Gasteiger partial charge in [0, 0.05) is 38.9 Å². The smallest absolute Gasteiger partial charge is 0.0541 e. The Hall–Kier alpha value is -7.94. The second kappa shape index (κ2) is 14.6. The van der Waals surface area contributed by atoms with Crippen LogP contribution in [0.3, 0.4) is 0 Å². The highest BCUT2D eigenvalue weighted by molar-refractivity contribution is 6.11. The predicted octanol–water partition coefficient (Wildman–Crippen LogP) is 16.7. The lowest BCUT2D eigenvalue weighted by molar-refractivity contribution is 0.666. The first-order chi connectivity index (χ1) is 31.0. The van der Waals surface area contributed by atoms with Crippen molar-refractivity contribution in [3.8, 4) is 50.2 Å². The quantitative estimate of drug-likeness (QED) is 0.156. The molecule has 12 rings (SSSR count). The van der Waals surface area contributed by atoms with Crippen molar-refractivity contribution in [3.63, 3.8) is 0 Å². The summed E-state index contributed by atoms with van der Waals surface area (Å²) >= 11 is 0. The molecule has 2 nitrogen and oxygen atoms in total. The maximum Gasteiger partial charge on any atom is 0.0541 e. The topological polar surface area (TPSA) is 8.17 Å². The summed E-state index contributed by atoms with van der Waals surface area (Å²) in [6.07, 6.45) is 0. The zero-order chi connectivity index (χ0) is 42.1. The fraction of sp³-hybridized carbons (Fsp3) is 0.0492. The molecule has 0 saturated carbocycles. The van der Waals surface area contributed by atoms with Gasteiger partial charge in [0.25, 0.3) is 0 Å². The lowest BCUT2D eigenvalue weighted by atomic mass is 9.80. The van der Waals surface area contributed by atoms with E-state index in [2.05, 4.69) is 254 Å². The molecule has 0 atom stereocenters. The SMILES string of the molecule is CC1(C)c2cc(N(c3ccccc3)c3ccc(-c4ccc5c(c4)c4cc(-c6ccccc6)ccc4n5-c4ccc(-c5ccccc5)cc4)cc3)ccc2-c2ccc3ccccc3c21. The van der Waals surface area contributed by atoms with Crippen LogP contribution in [0.5, 0.6) is 0 Å². The Kier molecular flexibility index (Phi) is 8.55. The molecular weight excluding hydrogens is 761 g/mol. The van der Waals surface area contributed by atoms with E-state index in [0.717, 1.165) is 22.7 Å². The normalized spacial score (nSPS) is 12.7. The van der Waals surface area contributed by atoms with Gasteiger partial charge in [-0.2, -0.15) is 0 Å². The molecule has 63 heavy (non-hydrogen) atoms. The first kappa shape index (κ1) is 36.9. The van der Waals surface area contributed by atoms with Crippen LogP contribution in [0.2, 0.25) is 0 Å². The number of rotatable bonds is 7. The number of para-hydroxylation sites is 1. The summed E-state index contributed by atoms with van der Waals surface area (Å²) in [7, 11) is 0. The van der Waals surface area contributed by atoms with E-state index in [0.29, 0.717) is 0 Å². The summed E-state index contributed by atoms with van der Waals surface area (Å²) in [5.74, 6) is 0. The summed E-state index contributed by atoms with van der Waals surface area (Å²) in [5.41, 5.74) is 19.4. The van der Waals surface area contributed by atoms with Crippen LogP contribution in [0.1, 0.15) is 25.0 Å². The van der Waals surface area contributed by atoms with E-state index in [1.54, 1.807) is 0 Å². The van der Waals surface area contributed by atoms with E-state index >= 15 is 0 Å². The van der Waals surface area contributed by atoms with Crippen LogP contribution in [0, 0.1) is 0 Å². The Labute approximate surface area is 368 Å². The summed E-state index contributed by atoms with van der Waals surface area (Å²) in [4.78, 5) is 2.40. The molecule has 0 radical (unpaired) electrons. The highest BCUT2D eigenvalue weighted by atomic mass is 15.1. The fourth-order valence-electron chi connectivity index (χ4n) is 10.3. The second-order valence-corrected chi connectivity index (χ2v) is 17.4. The Morgan fingerprint density at radius 1 is 0.349 bits per heavy atom. The van der Waals surface area contributed by atoms with Gasteiger partial charge < -0.3 is 9.47 Å². The number of anilines is 3. The van der Waals surface area contributed by atoms with E-state index in [-0.39, 0.29) is 5.41 Å². The number of hydrogen-bond donors (Lipinski definition) is 0. The average Bonchev–Trinajstić information content (AvgIpc) is 3.80. The number of aromatic nitrogens is 1. The van der Waals surface area contributed by atoms with Gasteiger partial charge in [-0.15, -0.1) is 0 Å². The maximum absolute atomic E-state index is 2.42. The molecular formula is C61H44N2. The molecule has 1 aromatic heterocycles. The van der Waals surface area contributed by atoms with Gasteiger partial charge in [-0.05, 0) is 139 Å². The van der Waals surface area contributed by atoms with Crippen molar-refractivity contribution in [1.82, 2.24) is 4.57 Å². The number of nitrogens with zero attached hydrogens (tertiary/aromatic N) is 2. The van der Waals surface area contributed by atoms with Crippen molar-refractivity contribution in [3.05, 3.63) is 242 Å². The van der Waals surface area contributed by atoms with Crippen molar-refractivity contribution in [2.24, 2.45) is 0 Å². The van der Waals surface area contributed by atoms with Crippen molar-refractivity contribution >= 4 is 49.6 Å². The van der Waals surface area contributed by atoms with E-state index in [1.807, 2.05) is 0 Å². The third-order valence-electron chi connectivity index (χ3n) is 13.4. The predicted molar refractivity (Wildman–Crippen MR) is 267 cm³/mol. The highest BCUT2D eigenvalue weighted by Gasteiger charge is 2.37. The molecule has 0 fully saturated rings. The molecule has 2 heteroatoms. The van der Waals surface area contributed by atoms with Crippen LogP contribution >= 0.6 is 0 Å². The molecule has 1 aliphatic rings. The Morgan fingerprint density at radius 3 is 1.48 bits per heavy atom. The molecule has 298 valence electrons. The van der Waals surface area contributed by atoms with Crippen molar-refractivity contribution in [2.45, 2.75) is 19.3 Å². The minimum atomic E-state index is -0.150. The molecule has 0 unspecified atom stereocenters. The van der Waals surface area contributed by atoms with E-state index in [4.69, 9.17) is 0 Å². The third-order valence-corrected chi connectivity index (χ3v) is 13.4. The van der Waals surface area contributed by atoms with Gasteiger partial charge in [-0.25, -0.2) is 0 Å². The van der Waals surface area contributed by atoms with Crippen LogP contribution < -0.4 is 4.90 Å². The third kappa shape index (κ3) is 6.09.